The van der Waals surface area contributed by atoms with Gasteiger partial charge in [-0.25, -0.2) is 4.79 Å². The summed E-state index contributed by atoms with van der Waals surface area (Å²) >= 11 is 5.84. The van der Waals surface area contributed by atoms with E-state index in [1.165, 1.54) is 11.8 Å². The average Bonchev–Trinajstić information content (AvgIpc) is 2.70. The Hall–Kier alpha value is -2.01. The molecule has 1 aromatic carbocycles. The average molecular weight is 266 g/mol. The number of hydrogen-bond acceptors (Lipinski definition) is 3. The third-order valence-electron chi connectivity index (χ3n) is 2.34. The lowest BCUT2D eigenvalue weighted by Crippen LogP contribution is -2.21. The Bertz CT molecular complexity index is 580. The SMILES string of the molecule is COc1cc(C)n(C(=O)Nc2cccc(Cl)c2)n1. The number of benzene rings is 1. The number of nitrogens with one attached hydrogen (secondary N) is 1. The Kier molecular flexibility index (Phi) is 3.53. The molecule has 1 aromatic heterocycles. The van der Waals surface area contributed by atoms with Gasteiger partial charge < -0.3 is 10.1 Å². The van der Waals surface area contributed by atoms with Crippen LogP contribution in [0.3, 0.4) is 0 Å². The summed E-state index contributed by atoms with van der Waals surface area (Å²) in [5.41, 5.74) is 1.30. The molecule has 0 aliphatic rings. The minimum Gasteiger partial charge on any atom is -0.480 e. The second-order valence-electron chi connectivity index (χ2n) is 3.68. The zero-order valence-corrected chi connectivity index (χ0v) is 10.7. The van der Waals surface area contributed by atoms with Crippen molar-refractivity contribution in [3.05, 3.63) is 41.0 Å². The minimum absolute atomic E-state index is 0.363. The van der Waals surface area contributed by atoms with Gasteiger partial charge in [0.15, 0.2) is 0 Å². The van der Waals surface area contributed by atoms with Gasteiger partial charge in [0.25, 0.3) is 0 Å². The molecule has 0 fully saturated rings. The summed E-state index contributed by atoms with van der Waals surface area (Å²) in [5.74, 6) is 0.397. The molecule has 0 atom stereocenters. The third-order valence-corrected chi connectivity index (χ3v) is 2.58. The van der Waals surface area contributed by atoms with Gasteiger partial charge in [0, 0.05) is 16.8 Å². The molecule has 0 aliphatic carbocycles. The summed E-state index contributed by atoms with van der Waals surface area (Å²) < 4.78 is 6.20. The predicted octanol–water partition coefficient (Wildman–Crippen LogP) is 2.93. The fourth-order valence-corrected chi connectivity index (χ4v) is 1.68. The number of ether oxygens (including phenoxy) is 1. The number of hydrogen-bond donors (Lipinski definition) is 1. The molecular weight excluding hydrogens is 254 g/mol. The zero-order valence-electron chi connectivity index (χ0n) is 9.98. The molecule has 0 aliphatic heterocycles. The first-order chi connectivity index (χ1) is 8.60. The van der Waals surface area contributed by atoms with Crippen LogP contribution in [0.5, 0.6) is 5.88 Å². The molecule has 0 unspecified atom stereocenters. The number of aromatic nitrogens is 2. The van der Waals surface area contributed by atoms with E-state index in [0.29, 0.717) is 22.3 Å². The monoisotopic (exact) mass is 265 g/mol. The molecule has 0 spiro atoms. The molecule has 94 valence electrons. The van der Waals surface area contributed by atoms with E-state index in [0.717, 1.165) is 0 Å². The molecule has 0 saturated carbocycles. The first-order valence-corrected chi connectivity index (χ1v) is 5.65. The van der Waals surface area contributed by atoms with Crippen LogP contribution in [0.25, 0.3) is 0 Å². The number of aryl methyl sites for hydroxylation is 1. The van der Waals surface area contributed by atoms with Crippen molar-refractivity contribution in [2.75, 3.05) is 12.4 Å². The number of rotatable bonds is 2. The highest BCUT2D eigenvalue weighted by Crippen LogP contribution is 2.16. The van der Waals surface area contributed by atoms with E-state index in [2.05, 4.69) is 10.4 Å². The summed E-state index contributed by atoms with van der Waals surface area (Å²) in [6.45, 7) is 1.77. The molecule has 6 heteroatoms. The minimum atomic E-state index is -0.363. The van der Waals surface area contributed by atoms with Crippen LogP contribution >= 0.6 is 11.6 Å². The smallest absolute Gasteiger partial charge is 0.346 e. The highest BCUT2D eigenvalue weighted by atomic mass is 35.5. The van der Waals surface area contributed by atoms with Crippen molar-refractivity contribution in [2.24, 2.45) is 0 Å². The van der Waals surface area contributed by atoms with Gasteiger partial charge in [-0.3, -0.25) is 0 Å². The van der Waals surface area contributed by atoms with Crippen molar-refractivity contribution in [2.45, 2.75) is 6.92 Å². The van der Waals surface area contributed by atoms with Crippen LogP contribution in [0, 0.1) is 6.92 Å². The lowest BCUT2D eigenvalue weighted by molar-refractivity contribution is 0.249. The Labute approximate surface area is 109 Å². The van der Waals surface area contributed by atoms with Gasteiger partial charge in [-0.15, -0.1) is 5.10 Å². The van der Waals surface area contributed by atoms with Crippen LogP contribution in [-0.2, 0) is 0 Å². The fraction of sp³-hybridized carbons (Fsp3) is 0.167. The molecule has 2 rings (SSSR count). The van der Waals surface area contributed by atoms with Crippen molar-refractivity contribution in [1.29, 1.82) is 0 Å². The largest absolute Gasteiger partial charge is 0.480 e. The summed E-state index contributed by atoms with van der Waals surface area (Å²) in [7, 11) is 1.50. The molecule has 1 heterocycles. The van der Waals surface area contributed by atoms with Gasteiger partial charge in [0.05, 0.1) is 12.8 Å². The topological polar surface area (TPSA) is 56.1 Å². The van der Waals surface area contributed by atoms with Crippen LogP contribution in [0.4, 0.5) is 10.5 Å². The lowest BCUT2D eigenvalue weighted by Gasteiger charge is -2.06. The molecule has 0 saturated heterocycles. The lowest BCUT2D eigenvalue weighted by atomic mass is 10.3. The van der Waals surface area contributed by atoms with Gasteiger partial charge >= 0.3 is 6.03 Å². The zero-order chi connectivity index (χ0) is 13.1. The summed E-state index contributed by atoms with van der Waals surface area (Å²) in [6, 6.07) is 8.22. The molecule has 18 heavy (non-hydrogen) atoms. The van der Waals surface area contributed by atoms with Crippen LogP contribution in [0.2, 0.25) is 5.02 Å². The third kappa shape index (κ3) is 2.62. The number of halogens is 1. The van der Waals surface area contributed by atoms with Crippen molar-refractivity contribution >= 4 is 23.3 Å². The standard InChI is InChI=1S/C12H12ClN3O2/c1-8-6-11(18-2)15-16(8)12(17)14-10-5-3-4-9(13)7-10/h3-7H,1-2H3,(H,14,17). The van der Waals surface area contributed by atoms with Crippen LogP contribution in [-0.4, -0.2) is 22.9 Å². The van der Waals surface area contributed by atoms with Crippen molar-refractivity contribution in [3.8, 4) is 5.88 Å². The molecule has 0 bridgehead atoms. The van der Waals surface area contributed by atoms with Crippen LogP contribution in [0.15, 0.2) is 30.3 Å². The Morgan fingerprint density at radius 1 is 1.44 bits per heavy atom. The first kappa shape index (κ1) is 12.4. The van der Waals surface area contributed by atoms with E-state index in [9.17, 15) is 4.79 Å². The van der Waals surface area contributed by atoms with Gasteiger partial charge in [-0.05, 0) is 25.1 Å². The number of anilines is 1. The Balaban J connectivity index is 2.19. The van der Waals surface area contributed by atoms with E-state index in [1.807, 2.05) is 0 Å². The number of methoxy groups -OCH3 is 1. The number of carbonyl (C=O) groups excluding carboxylic acids is 1. The van der Waals surface area contributed by atoms with E-state index >= 15 is 0 Å². The van der Waals surface area contributed by atoms with Crippen LogP contribution < -0.4 is 10.1 Å². The first-order valence-electron chi connectivity index (χ1n) is 5.28. The summed E-state index contributed by atoms with van der Waals surface area (Å²) in [5, 5.41) is 7.25. The maximum Gasteiger partial charge on any atom is 0.346 e. The fourth-order valence-electron chi connectivity index (χ4n) is 1.49. The second kappa shape index (κ2) is 5.10. The Morgan fingerprint density at radius 3 is 2.83 bits per heavy atom. The van der Waals surface area contributed by atoms with E-state index in [-0.39, 0.29) is 6.03 Å². The molecule has 0 radical (unpaired) electrons. The predicted molar refractivity (Wildman–Crippen MR) is 69.4 cm³/mol. The maximum atomic E-state index is 12.0. The second-order valence-corrected chi connectivity index (χ2v) is 4.12. The van der Waals surface area contributed by atoms with Crippen molar-refractivity contribution in [1.82, 2.24) is 9.78 Å². The quantitative estimate of drug-likeness (QED) is 0.908. The summed E-state index contributed by atoms with van der Waals surface area (Å²) in [6.07, 6.45) is 0. The van der Waals surface area contributed by atoms with Gasteiger partial charge in [0.2, 0.25) is 5.88 Å². The van der Waals surface area contributed by atoms with Crippen molar-refractivity contribution < 1.29 is 9.53 Å². The maximum absolute atomic E-state index is 12.0. The van der Waals surface area contributed by atoms with Crippen molar-refractivity contribution in [3.63, 3.8) is 0 Å². The van der Waals surface area contributed by atoms with Gasteiger partial charge in [-0.1, -0.05) is 17.7 Å². The normalized spacial score (nSPS) is 10.2. The highest BCUT2D eigenvalue weighted by Gasteiger charge is 2.11. The van der Waals surface area contributed by atoms with E-state index in [4.69, 9.17) is 16.3 Å². The molecule has 5 nitrogen and oxygen atoms in total. The number of carbonyl (C=O) groups is 1. The van der Waals surface area contributed by atoms with Crippen LogP contribution in [0.1, 0.15) is 5.69 Å². The number of amides is 1. The molecule has 1 amide bonds. The highest BCUT2D eigenvalue weighted by molar-refractivity contribution is 6.30. The summed E-state index contributed by atoms with van der Waals surface area (Å²) in [4.78, 5) is 12.0. The molecule has 2 aromatic rings. The van der Waals surface area contributed by atoms with E-state index < -0.39 is 0 Å². The van der Waals surface area contributed by atoms with E-state index in [1.54, 1.807) is 37.3 Å². The number of nitrogens with zero attached hydrogens (tertiary/aromatic N) is 2. The van der Waals surface area contributed by atoms with Gasteiger partial charge in [-0.2, -0.15) is 4.68 Å². The van der Waals surface area contributed by atoms with Gasteiger partial charge in [0.1, 0.15) is 0 Å². The Morgan fingerprint density at radius 2 is 2.22 bits per heavy atom. The molecule has 1 N–H and O–H groups in total. The molecular formula is C12H12ClN3O2.